The number of hydrogen-bond acceptors (Lipinski definition) is 2. The van der Waals surface area contributed by atoms with Gasteiger partial charge in [-0.1, -0.05) is 30.3 Å². The van der Waals surface area contributed by atoms with Gasteiger partial charge >= 0.3 is 0 Å². The lowest BCUT2D eigenvalue weighted by Gasteiger charge is -2.04. The molecule has 0 atom stereocenters. The third-order valence-electron chi connectivity index (χ3n) is 3.88. The van der Waals surface area contributed by atoms with Crippen LogP contribution in [0.2, 0.25) is 0 Å². The topological polar surface area (TPSA) is 68.7 Å². The Balaban J connectivity index is 1.64. The number of aromatic nitrogens is 1. The monoisotopic (exact) mass is 441 g/mol. The van der Waals surface area contributed by atoms with Crippen molar-refractivity contribution in [1.29, 1.82) is 5.26 Å². The highest BCUT2D eigenvalue weighted by molar-refractivity contribution is 14.1. The molecule has 0 fully saturated rings. The number of halogens is 1. The fourth-order valence-electron chi connectivity index (χ4n) is 2.66. The summed E-state index contributed by atoms with van der Waals surface area (Å²) in [6.07, 6.45) is 4.28. The molecule has 25 heavy (non-hydrogen) atoms. The van der Waals surface area contributed by atoms with E-state index in [-0.39, 0.29) is 11.5 Å². The van der Waals surface area contributed by atoms with E-state index in [2.05, 4.69) is 39.0 Å². The zero-order chi connectivity index (χ0) is 17.6. The van der Waals surface area contributed by atoms with Crippen LogP contribution >= 0.6 is 22.6 Å². The van der Waals surface area contributed by atoms with Crippen LogP contribution in [0.15, 0.2) is 60.3 Å². The van der Waals surface area contributed by atoms with Crippen LogP contribution in [-0.4, -0.2) is 17.4 Å². The SMILES string of the molecule is N#C/C(=C/c1cccc(I)c1)C(=O)NCCc1c[nH]c2ccccc12. The van der Waals surface area contributed by atoms with Gasteiger partial charge in [-0.15, -0.1) is 0 Å². The molecule has 5 heteroatoms. The predicted octanol–water partition coefficient (Wildman–Crippen LogP) is 4.04. The maximum atomic E-state index is 12.2. The summed E-state index contributed by atoms with van der Waals surface area (Å²) in [6, 6.07) is 17.7. The van der Waals surface area contributed by atoms with Crippen molar-refractivity contribution < 1.29 is 4.79 Å². The van der Waals surface area contributed by atoms with Crippen LogP contribution < -0.4 is 5.32 Å². The van der Waals surface area contributed by atoms with E-state index in [1.807, 2.05) is 54.7 Å². The summed E-state index contributed by atoms with van der Waals surface area (Å²) in [5.74, 6) is -0.346. The Kier molecular flexibility index (Phi) is 5.51. The Labute approximate surface area is 159 Å². The molecule has 0 spiro atoms. The van der Waals surface area contributed by atoms with Crippen LogP contribution in [0.5, 0.6) is 0 Å². The highest BCUT2D eigenvalue weighted by Gasteiger charge is 2.09. The molecule has 0 unspecified atom stereocenters. The fraction of sp³-hybridized carbons (Fsp3) is 0.100. The molecule has 2 N–H and O–H groups in total. The Bertz CT molecular complexity index is 982. The number of aromatic amines is 1. The summed E-state index contributed by atoms with van der Waals surface area (Å²) in [6.45, 7) is 0.478. The lowest BCUT2D eigenvalue weighted by atomic mass is 10.1. The molecule has 3 aromatic rings. The van der Waals surface area contributed by atoms with Crippen LogP contribution in [0.25, 0.3) is 17.0 Å². The smallest absolute Gasteiger partial charge is 0.261 e. The molecule has 0 aliphatic heterocycles. The second-order valence-corrected chi connectivity index (χ2v) is 6.84. The van der Waals surface area contributed by atoms with E-state index in [1.54, 1.807) is 6.08 Å². The maximum Gasteiger partial charge on any atom is 0.261 e. The summed E-state index contributed by atoms with van der Waals surface area (Å²) in [7, 11) is 0. The fourth-order valence-corrected chi connectivity index (χ4v) is 3.22. The van der Waals surface area contributed by atoms with Crippen molar-refractivity contribution in [3.63, 3.8) is 0 Å². The van der Waals surface area contributed by atoms with Gasteiger partial charge in [0.2, 0.25) is 0 Å². The third kappa shape index (κ3) is 4.28. The summed E-state index contributed by atoms with van der Waals surface area (Å²) in [4.78, 5) is 15.5. The van der Waals surface area contributed by atoms with Gasteiger partial charge in [-0.25, -0.2) is 0 Å². The minimum atomic E-state index is -0.346. The van der Waals surface area contributed by atoms with E-state index in [4.69, 9.17) is 0 Å². The quantitative estimate of drug-likeness (QED) is 0.357. The summed E-state index contributed by atoms with van der Waals surface area (Å²) < 4.78 is 1.06. The van der Waals surface area contributed by atoms with E-state index in [1.165, 1.54) is 0 Å². The first kappa shape index (κ1) is 17.2. The highest BCUT2D eigenvalue weighted by atomic mass is 127. The van der Waals surface area contributed by atoms with Gasteiger partial charge in [-0.2, -0.15) is 5.26 Å². The molecule has 1 aromatic heterocycles. The second-order valence-electron chi connectivity index (χ2n) is 5.59. The molecular weight excluding hydrogens is 425 g/mol. The Morgan fingerprint density at radius 2 is 2.08 bits per heavy atom. The van der Waals surface area contributed by atoms with Gasteiger partial charge in [0.05, 0.1) is 0 Å². The van der Waals surface area contributed by atoms with Crippen LogP contribution in [-0.2, 0) is 11.2 Å². The average Bonchev–Trinajstić information content (AvgIpc) is 3.03. The number of para-hydroxylation sites is 1. The summed E-state index contributed by atoms with van der Waals surface area (Å²) in [5, 5.41) is 13.3. The van der Waals surface area contributed by atoms with Crippen molar-refractivity contribution in [3.05, 3.63) is 75.0 Å². The van der Waals surface area contributed by atoms with E-state index in [9.17, 15) is 10.1 Å². The molecule has 0 aliphatic rings. The maximum absolute atomic E-state index is 12.2. The van der Waals surface area contributed by atoms with Crippen molar-refractivity contribution in [2.24, 2.45) is 0 Å². The molecule has 1 amide bonds. The zero-order valence-corrected chi connectivity index (χ0v) is 15.6. The van der Waals surface area contributed by atoms with Gasteiger partial charge in [0.15, 0.2) is 0 Å². The lowest BCUT2D eigenvalue weighted by molar-refractivity contribution is -0.117. The number of nitrogens with zero attached hydrogens (tertiary/aromatic N) is 1. The number of H-pyrrole nitrogens is 1. The first-order chi connectivity index (χ1) is 12.2. The van der Waals surface area contributed by atoms with Crippen molar-refractivity contribution in [2.45, 2.75) is 6.42 Å². The highest BCUT2D eigenvalue weighted by Crippen LogP contribution is 2.17. The predicted molar refractivity (Wildman–Crippen MR) is 108 cm³/mol. The number of hydrogen-bond donors (Lipinski definition) is 2. The first-order valence-corrected chi connectivity index (χ1v) is 8.96. The molecule has 0 radical (unpaired) electrons. The van der Waals surface area contributed by atoms with Crippen molar-refractivity contribution >= 4 is 45.5 Å². The van der Waals surface area contributed by atoms with Gasteiger partial charge < -0.3 is 10.3 Å². The minimum absolute atomic E-state index is 0.112. The number of carbonyl (C=O) groups excluding carboxylic acids is 1. The van der Waals surface area contributed by atoms with Crippen LogP contribution in [0.4, 0.5) is 0 Å². The van der Waals surface area contributed by atoms with Crippen molar-refractivity contribution in [2.75, 3.05) is 6.54 Å². The number of fused-ring (bicyclic) bond motifs is 1. The molecule has 0 aliphatic carbocycles. The van der Waals surface area contributed by atoms with E-state index < -0.39 is 0 Å². The number of nitriles is 1. The van der Waals surface area contributed by atoms with E-state index in [0.29, 0.717) is 13.0 Å². The van der Waals surface area contributed by atoms with E-state index in [0.717, 1.165) is 25.6 Å². The molecule has 0 bridgehead atoms. The number of nitrogens with one attached hydrogen (secondary N) is 2. The van der Waals surface area contributed by atoms with Crippen LogP contribution in [0.3, 0.4) is 0 Å². The molecule has 2 aromatic carbocycles. The molecule has 1 heterocycles. The Morgan fingerprint density at radius 1 is 1.24 bits per heavy atom. The molecule has 0 saturated carbocycles. The van der Waals surface area contributed by atoms with Gasteiger partial charge in [0.1, 0.15) is 11.6 Å². The number of benzene rings is 2. The largest absolute Gasteiger partial charge is 0.361 e. The van der Waals surface area contributed by atoms with Crippen molar-refractivity contribution in [1.82, 2.24) is 10.3 Å². The van der Waals surface area contributed by atoms with Gasteiger partial charge in [0, 0.05) is 27.2 Å². The van der Waals surface area contributed by atoms with Gasteiger partial charge in [-0.3, -0.25) is 4.79 Å². The summed E-state index contributed by atoms with van der Waals surface area (Å²) in [5.41, 5.74) is 3.19. The third-order valence-corrected chi connectivity index (χ3v) is 4.55. The van der Waals surface area contributed by atoms with Crippen molar-refractivity contribution in [3.8, 4) is 6.07 Å². The van der Waals surface area contributed by atoms with Crippen LogP contribution in [0, 0.1) is 14.9 Å². The average molecular weight is 441 g/mol. The van der Waals surface area contributed by atoms with E-state index >= 15 is 0 Å². The first-order valence-electron chi connectivity index (χ1n) is 7.88. The molecular formula is C20H16IN3O. The zero-order valence-electron chi connectivity index (χ0n) is 13.4. The second kappa shape index (κ2) is 7.99. The molecule has 3 rings (SSSR count). The van der Waals surface area contributed by atoms with Gasteiger partial charge in [-0.05, 0) is 64.4 Å². The molecule has 124 valence electrons. The normalized spacial score (nSPS) is 11.3. The van der Waals surface area contributed by atoms with Crippen LogP contribution in [0.1, 0.15) is 11.1 Å². The number of amides is 1. The molecule has 0 saturated heterocycles. The standard InChI is InChI=1S/C20H16IN3O/c21-17-5-3-4-14(11-17)10-16(12-22)20(25)23-9-8-15-13-24-19-7-2-1-6-18(15)19/h1-7,10-11,13,24H,8-9H2,(H,23,25)/b16-10-. The lowest BCUT2D eigenvalue weighted by Crippen LogP contribution is -2.26. The molecule has 4 nitrogen and oxygen atoms in total. The van der Waals surface area contributed by atoms with Gasteiger partial charge in [0.25, 0.3) is 5.91 Å². The number of rotatable bonds is 5. The summed E-state index contributed by atoms with van der Waals surface area (Å²) >= 11 is 2.20. The number of carbonyl (C=O) groups is 1. The minimum Gasteiger partial charge on any atom is -0.361 e. The Morgan fingerprint density at radius 3 is 2.88 bits per heavy atom. The Hall–Kier alpha value is -2.59.